The van der Waals surface area contributed by atoms with E-state index >= 15 is 0 Å². The monoisotopic (exact) mass is 912 g/mol. The molecule has 8 rings (SSSR count). The molecule has 20 heteroatoms. The van der Waals surface area contributed by atoms with E-state index < -0.39 is 128 Å². The summed E-state index contributed by atoms with van der Waals surface area (Å²) in [4.78, 5) is 24.6. The highest BCUT2D eigenvalue weighted by Gasteiger charge is 2.51. The average molecular weight is 913 g/mol. The quantitative estimate of drug-likeness (QED) is 0.0618. The summed E-state index contributed by atoms with van der Waals surface area (Å²) >= 11 is 0. The average Bonchev–Trinajstić information content (AvgIpc) is 3.58. The molecule has 1 aliphatic carbocycles. The van der Waals surface area contributed by atoms with Gasteiger partial charge >= 0.3 is 11.3 Å². The normalized spacial score (nSPS) is 36.6. The van der Waals surface area contributed by atoms with Crippen molar-refractivity contribution in [2.45, 2.75) is 112 Å². The largest absolute Gasteiger partial charge is 0.462 e. The van der Waals surface area contributed by atoms with E-state index in [1.807, 2.05) is 26.0 Å². The van der Waals surface area contributed by atoms with Gasteiger partial charge in [0, 0.05) is 52.1 Å². The van der Waals surface area contributed by atoms with Crippen LogP contribution >= 0.6 is 0 Å². The Morgan fingerprint density at radius 2 is 1.32 bits per heavy atom. The van der Waals surface area contributed by atoms with E-state index in [-0.39, 0.29) is 22.7 Å². The van der Waals surface area contributed by atoms with Crippen molar-refractivity contribution in [3.8, 4) is 11.5 Å². The minimum absolute atomic E-state index is 0.0562. The van der Waals surface area contributed by atoms with Gasteiger partial charge in [-0.05, 0) is 49.4 Å². The van der Waals surface area contributed by atoms with E-state index in [9.17, 15) is 60.7 Å². The van der Waals surface area contributed by atoms with Gasteiger partial charge in [0.2, 0.25) is 12.6 Å². The van der Waals surface area contributed by atoms with Gasteiger partial charge < -0.3 is 88.3 Å². The molecule has 65 heavy (non-hydrogen) atoms. The number of ether oxygens (including phenoxy) is 6. The lowest BCUT2D eigenvalue weighted by atomic mass is 9.66. The molecule has 4 aliphatic rings. The van der Waals surface area contributed by atoms with E-state index in [1.165, 1.54) is 24.3 Å². The fourth-order valence-electron chi connectivity index (χ4n) is 8.59. The highest BCUT2D eigenvalue weighted by molar-refractivity contribution is 5.83. The van der Waals surface area contributed by atoms with Crippen molar-refractivity contribution in [1.82, 2.24) is 0 Å². The summed E-state index contributed by atoms with van der Waals surface area (Å²) in [6.07, 6.45) is -12.5. The molecule has 2 aromatic heterocycles. The molecule has 20 nitrogen and oxygen atoms in total. The fourth-order valence-corrected chi connectivity index (χ4v) is 8.59. The van der Waals surface area contributed by atoms with Gasteiger partial charge in [0.15, 0.2) is 6.29 Å². The lowest BCUT2D eigenvalue weighted by Crippen LogP contribution is -2.60. The Balaban J connectivity index is 1.14. The van der Waals surface area contributed by atoms with Gasteiger partial charge in [-0.3, -0.25) is 0 Å². The number of aliphatic hydroxyl groups excluding tert-OH is 9. The second-order valence-electron chi connectivity index (χ2n) is 17.4. The number of allylic oxidation sites excluding steroid dienone is 3. The first-order valence-corrected chi connectivity index (χ1v) is 21.0. The summed E-state index contributed by atoms with van der Waals surface area (Å²) < 4.78 is 45.9. The SMILES string of the molecule is CC1=C[C@@H](c2cc3ccc(=O)oc3cc2O[C@@H]2O[C@H](CO[C@@H]3OC[C@](O)(CO)[C@H]3O)[C@@H](O)[C@H](O)[C@H]2O)[C@@](C)(/C=C/c2cc3ccc(=O)oc3cc2O[C@@H]2O[C@H](CO)[C@@H](O)[C@H](O)[C@H]2O)CC1. The number of aliphatic hydroxyl groups is 10. The second kappa shape index (κ2) is 18.6. The molecule has 0 unspecified atom stereocenters. The van der Waals surface area contributed by atoms with E-state index in [4.69, 9.17) is 37.3 Å². The summed E-state index contributed by atoms with van der Waals surface area (Å²) in [5, 5.41) is 106. The van der Waals surface area contributed by atoms with Crippen molar-refractivity contribution in [3.05, 3.63) is 98.2 Å². The molecule has 352 valence electrons. The lowest BCUT2D eigenvalue weighted by Gasteiger charge is -2.42. The second-order valence-corrected chi connectivity index (χ2v) is 17.4. The molecule has 10 N–H and O–H groups in total. The first kappa shape index (κ1) is 46.9. The number of hydrogen-bond donors (Lipinski definition) is 10. The summed E-state index contributed by atoms with van der Waals surface area (Å²) in [5.41, 5.74) is -1.81. The van der Waals surface area contributed by atoms with Crippen LogP contribution in [0.5, 0.6) is 11.5 Å². The van der Waals surface area contributed by atoms with E-state index in [2.05, 4.69) is 0 Å². The van der Waals surface area contributed by atoms with Crippen molar-refractivity contribution in [1.29, 1.82) is 0 Å². The van der Waals surface area contributed by atoms with E-state index in [1.54, 1.807) is 30.3 Å². The summed E-state index contributed by atoms with van der Waals surface area (Å²) in [6, 6.07) is 11.9. The lowest BCUT2D eigenvalue weighted by molar-refractivity contribution is -0.289. The topological polar surface area (TPSA) is 318 Å². The Hall–Kier alpha value is -4.62. The highest BCUT2D eigenvalue weighted by atomic mass is 16.7. The van der Waals surface area contributed by atoms with Crippen LogP contribution in [0.15, 0.2) is 84.7 Å². The van der Waals surface area contributed by atoms with Gasteiger partial charge in [0.05, 0.1) is 26.4 Å². The minimum Gasteiger partial charge on any atom is -0.462 e. The zero-order chi connectivity index (χ0) is 46.5. The Bertz CT molecular complexity index is 2530. The van der Waals surface area contributed by atoms with E-state index in [0.29, 0.717) is 34.7 Å². The van der Waals surface area contributed by atoms with Crippen LogP contribution in [0, 0.1) is 5.41 Å². The van der Waals surface area contributed by atoms with Crippen LogP contribution in [-0.2, 0) is 18.9 Å². The highest BCUT2D eigenvalue weighted by Crippen LogP contribution is 2.51. The van der Waals surface area contributed by atoms with Crippen molar-refractivity contribution >= 4 is 28.0 Å². The third-order valence-corrected chi connectivity index (χ3v) is 12.7. The molecule has 3 aliphatic heterocycles. The third kappa shape index (κ3) is 9.25. The summed E-state index contributed by atoms with van der Waals surface area (Å²) in [7, 11) is 0. The maximum Gasteiger partial charge on any atom is 0.336 e. The molecule has 15 atom stereocenters. The molecule has 0 saturated carbocycles. The molecular weight excluding hydrogens is 860 g/mol. The third-order valence-electron chi connectivity index (χ3n) is 12.7. The first-order valence-electron chi connectivity index (χ1n) is 21.0. The molecule has 4 aromatic rings. The van der Waals surface area contributed by atoms with Crippen LogP contribution < -0.4 is 20.7 Å². The van der Waals surface area contributed by atoms with Gasteiger partial charge in [0.1, 0.15) is 83.2 Å². The Morgan fingerprint density at radius 1 is 0.738 bits per heavy atom. The predicted octanol–water partition coefficient (Wildman–Crippen LogP) is -0.735. The van der Waals surface area contributed by atoms with Crippen LogP contribution in [0.4, 0.5) is 0 Å². The van der Waals surface area contributed by atoms with Crippen molar-refractivity contribution in [2.24, 2.45) is 5.41 Å². The number of rotatable bonds is 12. The molecule has 0 amide bonds. The maximum absolute atomic E-state index is 12.4. The van der Waals surface area contributed by atoms with Crippen LogP contribution in [0.25, 0.3) is 28.0 Å². The Labute approximate surface area is 369 Å². The fraction of sp³-hybridized carbons (Fsp3) is 0.511. The molecule has 3 saturated heterocycles. The van der Waals surface area contributed by atoms with Crippen molar-refractivity contribution < 1.29 is 88.3 Å². The molecule has 0 spiro atoms. The van der Waals surface area contributed by atoms with E-state index in [0.717, 1.165) is 5.57 Å². The summed E-state index contributed by atoms with van der Waals surface area (Å²) in [5.74, 6) is -0.390. The van der Waals surface area contributed by atoms with Crippen LogP contribution in [0.3, 0.4) is 0 Å². The van der Waals surface area contributed by atoms with Gasteiger partial charge in [-0.1, -0.05) is 30.7 Å². The number of benzene rings is 2. The molecule has 2 aromatic carbocycles. The van der Waals surface area contributed by atoms with Crippen LogP contribution in [0.1, 0.15) is 43.7 Å². The number of hydrogen-bond acceptors (Lipinski definition) is 20. The van der Waals surface area contributed by atoms with Crippen molar-refractivity contribution in [2.75, 3.05) is 26.4 Å². The van der Waals surface area contributed by atoms with Gasteiger partial charge in [-0.15, -0.1) is 0 Å². The predicted molar refractivity (Wildman–Crippen MR) is 223 cm³/mol. The van der Waals surface area contributed by atoms with Crippen LogP contribution in [-0.4, -0.2) is 157 Å². The molecular formula is C45H52O20. The minimum atomic E-state index is -1.99. The molecule has 5 heterocycles. The Kier molecular flexibility index (Phi) is 13.4. The van der Waals surface area contributed by atoms with Gasteiger partial charge in [0.25, 0.3) is 0 Å². The standard InChI is InChI=1S/C45H52O20/c1-20-7-9-44(2,10-8-23-12-21-3-5-32(48)60-26(21)14-28(23)62-41-38(54)36(52)34(50)30(16-46)64-41)25(11-20)24-13-22-4-6-33(49)61-27(22)15-29(24)63-42-39(55)37(53)35(51)31(65-42)17-58-43-40(56)45(57,18-47)19-59-43/h3-6,8,10-15,25,30-31,34-43,46-47,50-57H,7,9,16-19H2,1-2H3/b10-8+/t25-,30+,31+,34+,35+,36-,37-,38+,39+,40-,41+,42+,43+,44+,45+/m0/s1. The van der Waals surface area contributed by atoms with Gasteiger partial charge in [-0.25, -0.2) is 9.59 Å². The van der Waals surface area contributed by atoms with Crippen LogP contribution in [0.2, 0.25) is 0 Å². The zero-order valence-electron chi connectivity index (χ0n) is 35.2. The first-order chi connectivity index (χ1) is 30.9. The summed E-state index contributed by atoms with van der Waals surface area (Å²) in [6.45, 7) is 1.48. The number of fused-ring (bicyclic) bond motifs is 2. The molecule has 3 fully saturated rings. The smallest absolute Gasteiger partial charge is 0.336 e. The molecule has 0 bridgehead atoms. The molecule has 0 radical (unpaired) electrons. The maximum atomic E-state index is 12.4. The van der Waals surface area contributed by atoms with Gasteiger partial charge in [-0.2, -0.15) is 0 Å². The Morgan fingerprint density at radius 3 is 1.94 bits per heavy atom. The zero-order valence-corrected chi connectivity index (χ0v) is 35.2. The van der Waals surface area contributed by atoms with Crippen molar-refractivity contribution in [3.63, 3.8) is 0 Å².